The first-order valence-corrected chi connectivity index (χ1v) is 11.0. The number of thiophene rings is 1. The fourth-order valence-corrected chi connectivity index (χ4v) is 4.49. The minimum Gasteiger partial charge on any atom is -0.457 e. The molecule has 164 valence electrons. The van der Waals surface area contributed by atoms with Crippen molar-refractivity contribution in [3.63, 3.8) is 0 Å². The quantitative estimate of drug-likeness (QED) is 0.521. The van der Waals surface area contributed by atoms with E-state index in [-0.39, 0.29) is 30.9 Å². The van der Waals surface area contributed by atoms with Crippen LogP contribution in [0, 0.1) is 0 Å². The number of carbonyl (C=O) groups is 1. The summed E-state index contributed by atoms with van der Waals surface area (Å²) in [6, 6.07) is 10.8. The van der Waals surface area contributed by atoms with E-state index in [2.05, 4.69) is 0 Å². The lowest BCUT2D eigenvalue weighted by molar-refractivity contribution is -0.163. The largest absolute Gasteiger partial charge is 0.457 e. The number of aryl methyl sites for hydroxylation is 1. The summed E-state index contributed by atoms with van der Waals surface area (Å²) in [6.45, 7) is 1.11. The first-order chi connectivity index (χ1) is 15.0. The third-order valence-electron chi connectivity index (χ3n) is 5.18. The second kappa shape index (κ2) is 9.59. The molecule has 0 amide bonds. The Morgan fingerprint density at radius 3 is 2.77 bits per heavy atom. The van der Waals surface area contributed by atoms with Crippen LogP contribution in [0.2, 0.25) is 0 Å². The van der Waals surface area contributed by atoms with Crippen LogP contribution >= 0.6 is 11.3 Å². The number of nitrogens with zero attached hydrogens (tertiary/aromatic N) is 2. The van der Waals surface area contributed by atoms with Gasteiger partial charge in [-0.2, -0.15) is 0 Å². The third-order valence-corrected chi connectivity index (χ3v) is 6.37. The lowest BCUT2D eigenvalue weighted by Crippen LogP contribution is -2.40. The predicted molar refractivity (Wildman–Crippen MR) is 116 cm³/mol. The van der Waals surface area contributed by atoms with Crippen molar-refractivity contribution in [1.29, 1.82) is 0 Å². The van der Waals surface area contributed by atoms with Crippen LogP contribution in [0.25, 0.3) is 10.2 Å². The molecule has 9 heteroatoms. The van der Waals surface area contributed by atoms with Crippen LogP contribution in [0.4, 0.5) is 0 Å². The zero-order valence-corrected chi connectivity index (χ0v) is 18.1. The van der Waals surface area contributed by atoms with Crippen molar-refractivity contribution in [3.8, 4) is 0 Å². The number of carbonyl (C=O) groups excluding carboxylic acids is 1. The molecule has 0 radical (unpaired) electrons. The highest BCUT2D eigenvalue weighted by Gasteiger charge is 2.19. The summed E-state index contributed by atoms with van der Waals surface area (Å²) >= 11 is 1.07. The summed E-state index contributed by atoms with van der Waals surface area (Å²) in [5.41, 5.74) is -0.0185. The lowest BCUT2D eigenvalue weighted by Gasteiger charge is -2.22. The Hall–Kier alpha value is -2.75. The van der Waals surface area contributed by atoms with Crippen LogP contribution in [0.1, 0.15) is 34.5 Å². The van der Waals surface area contributed by atoms with Crippen LogP contribution in [0.5, 0.6) is 0 Å². The summed E-state index contributed by atoms with van der Waals surface area (Å²) in [7, 11) is 1.58. The molecule has 2 aromatic heterocycles. The average Bonchev–Trinajstić information content (AvgIpc) is 3.26. The van der Waals surface area contributed by atoms with Gasteiger partial charge in [0.2, 0.25) is 0 Å². The predicted octanol–water partition coefficient (Wildman–Crippen LogP) is 2.66. The lowest BCUT2D eigenvalue weighted by atomic mass is 10.2. The van der Waals surface area contributed by atoms with E-state index in [0.29, 0.717) is 16.8 Å². The van der Waals surface area contributed by atoms with E-state index < -0.39 is 17.2 Å². The molecule has 1 aliphatic rings. The standard InChI is InChI=1S/C22H24N2O6S/c1-23-20-16(13-17(31-20)21(26)30-14-15-7-3-2-4-8-15)19(25)24(22(23)27)10-12-29-18-9-5-6-11-28-18/h2-4,7-8,13,18H,5-6,9-12,14H2,1H3. The van der Waals surface area contributed by atoms with Crippen LogP contribution in [-0.2, 0) is 34.4 Å². The monoisotopic (exact) mass is 444 g/mol. The summed E-state index contributed by atoms with van der Waals surface area (Å²) < 4.78 is 19.1. The summed E-state index contributed by atoms with van der Waals surface area (Å²) in [5, 5.41) is 0.313. The normalized spacial score (nSPS) is 16.5. The van der Waals surface area contributed by atoms with Gasteiger partial charge in [0.25, 0.3) is 5.56 Å². The number of aromatic nitrogens is 2. The molecular formula is C22H24N2O6S. The SMILES string of the molecule is Cn1c(=O)n(CCOC2CCCCO2)c(=O)c2cc(C(=O)OCc3ccccc3)sc21. The summed E-state index contributed by atoms with van der Waals surface area (Å²) in [4.78, 5) is 38.8. The number of esters is 1. The fourth-order valence-electron chi connectivity index (χ4n) is 3.49. The number of hydrogen-bond donors (Lipinski definition) is 0. The maximum Gasteiger partial charge on any atom is 0.348 e. The second-order valence-corrected chi connectivity index (χ2v) is 8.39. The smallest absolute Gasteiger partial charge is 0.348 e. The van der Waals surface area contributed by atoms with Gasteiger partial charge in [0.15, 0.2) is 6.29 Å². The average molecular weight is 445 g/mol. The Labute approximate surface area is 182 Å². The first-order valence-electron chi connectivity index (χ1n) is 10.2. The van der Waals surface area contributed by atoms with Crippen LogP contribution in [0.15, 0.2) is 46.0 Å². The molecule has 0 bridgehead atoms. The Morgan fingerprint density at radius 1 is 1.23 bits per heavy atom. The highest BCUT2D eigenvalue weighted by Crippen LogP contribution is 2.23. The molecule has 1 aliphatic heterocycles. The highest BCUT2D eigenvalue weighted by molar-refractivity contribution is 7.20. The van der Waals surface area contributed by atoms with Gasteiger partial charge in [-0.1, -0.05) is 30.3 Å². The highest BCUT2D eigenvalue weighted by atomic mass is 32.1. The number of rotatable bonds is 7. The molecule has 31 heavy (non-hydrogen) atoms. The summed E-state index contributed by atoms with van der Waals surface area (Å²) in [6.07, 6.45) is 2.58. The number of hydrogen-bond acceptors (Lipinski definition) is 7. The van der Waals surface area contributed by atoms with Gasteiger partial charge in [-0.3, -0.25) is 13.9 Å². The van der Waals surface area contributed by atoms with Gasteiger partial charge >= 0.3 is 11.7 Å². The molecule has 1 fully saturated rings. The molecule has 0 spiro atoms. The van der Waals surface area contributed by atoms with Crippen molar-refractivity contribution in [3.05, 3.63) is 67.7 Å². The third kappa shape index (κ3) is 4.79. The molecule has 1 saturated heterocycles. The minimum atomic E-state index is -0.527. The van der Waals surface area contributed by atoms with E-state index in [1.165, 1.54) is 10.6 Å². The molecule has 4 rings (SSSR count). The molecule has 1 atom stereocenters. The molecule has 0 aliphatic carbocycles. The van der Waals surface area contributed by atoms with Crippen molar-refractivity contribution in [2.24, 2.45) is 7.05 Å². The Balaban J connectivity index is 1.51. The van der Waals surface area contributed by atoms with Gasteiger partial charge in [0.05, 0.1) is 18.5 Å². The molecule has 0 N–H and O–H groups in total. The number of fused-ring (bicyclic) bond motifs is 1. The zero-order valence-electron chi connectivity index (χ0n) is 17.2. The van der Waals surface area contributed by atoms with Gasteiger partial charge in [0.1, 0.15) is 16.3 Å². The molecule has 0 saturated carbocycles. The summed E-state index contributed by atoms with van der Waals surface area (Å²) in [5.74, 6) is -0.527. The minimum absolute atomic E-state index is 0.116. The topological polar surface area (TPSA) is 88.8 Å². The van der Waals surface area contributed by atoms with E-state index in [0.717, 1.165) is 40.7 Å². The van der Waals surface area contributed by atoms with Crippen molar-refractivity contribution < 1.29 is 19.0 Å². The molecule has 1 aromatic carbocycles. The number of benzene rings is 1. The maximum absolute atomic E-state index is 12.9. The second-order valence-electron chi connectivity index (χ2n) is 7.36. The fraction of sp³-hybridized carbons (Fsp3) is 0.409. The molecule has 1 unspecified atom stereocenters. The van der Waals surface area contributed by atoms with Crippen LogP contribution in [-0.4, -0.2) is 34.6 Å². The maximum atomic E-state index is 12.9. The van der Waals surface area contributed by atoms with E-state index in [9.17, 15) is 14.4 Å². The Bertz CT molecular complexity index is 1170. The van der Waals surface area contributed by atoms with Gasteiger partial charge in [-0.15, -0.1) is 11.3 Å². The van der Waals surface area contributed by atoms with Gasteiger partial charge in [-0.25, -0.2) is 9.59 Å². The van der Waals surface area contributed by atoms with E-state index in [1.807, 2.05) is 30.3 Å². The van der Waals surface area contributed by atoms with Crippen molar-refractivity contribution >= 4 is 27.5 Å². The number of ether oxygens (including phenoxy) is 3. The van der Waals surface area contributed by atoms with E-state index >= 15 is 0 Å². The van der Waals surface area contributed by atoms with Gasteiger partial charge in [0, 0.05) is 13.7 Å². The van der Waals surface area contributed by atoms with Crippen LogP contribution in [0.3, 0.4) is 0 Å². The molecular weight excluding hydrogens is 420 g/mol. The van der Waals surface area contributed by atoms with Crippen molar-refractivity contribution in [1.82, 2.24) is 9.13 Å². The van der Waals surface area contributed by atoms with E-state index in [1.54, 1.807) is 7.05 Å². The molecule has 3 heterocycles. The first kappa shape index (κ1) is 21.5. The Morgan fingerprint density at radius 2 is 2.03 bits per heavy atom. The Kier molecular flexibility index (Phi) is 6.64. The van der Waals surface area contributed by atoms with Crippen molar-refractivity contribution in [2.75, 3.05) is 13.2 Å². The van der Waals surface area contributed by atoms with Crippen molar-refractivity contribution in [2.45, 2.75) is 38.7 Å². The molecule has 8 nitrogen and oxygen atoms in total. The van der Waals surface area contributed by atoms with Gasteiger partial charge < -0.3 is 14.2 Å². The zero-order chi connectivity index (χ0) is 21.8. The van der Waals surface area contributed by atoms with Crippen LogP contribution < -0.4 is 11.2 Å². The van der Waals surface area contributed by atoms with Gasteiger partial charge in [-0.05, 0) is 30.9 Å². The molecule has 3 aromatic rings. The van der Waals surface area contributed by atoms with E-state index in [4.69, 9.17) is 14.2 Å².